The molecule has 3 fully saturated rings. The zero-order chi connectivity index (χ0) is 58.9. The fraction of sp³-hybridized carbons (Fsp3) is 0.935. The van der Waals surface area contributed by atoms with Crippen molar-refractivity contribution in [1.82, 2.24) is 14.7 Å². The van der Waals surface area contributed by atoms with Crippen molar-refractivity contribution in [1.29, 1.82) is 0 Å². The first-order chi connectivity index (χ1) is 37.5. The first kappa shape index (κ1) is 71.2. The van der Waals surface area contributed by atoms with E-state index in [2.05, 4.69) is 0 Å². The van der Waals surface area contributed by atoms with Crippen molar-refractivity contribution in [3.8, 4) is 0 Å². The minimum Gasteiger partial charge on any atom is -0.395 e. The van der Waals surface area contributed by atoms with Crippen molar-refractivity contribution >= 4 is 33.4 Å². The van der Waals surface area contributed by atoms with Crippen LogP contribution in [0.25, 0.3) is 0 Å². The number of aliphatic hydroxyl groups is 10. The first-order valence-electron chi connectivity index (χ1n) is 26.3. The number of methoxy groups -OCH3 is 1. The van der Waals surface area contributed by atoms with Crippen LogP contribution in [0, 0.1) is 17.8 Å². The van der Waals surface area contributed by atoms with Crippen molar-refractivity contribution in [3.05, 3.63) is 0 Å². The first-order valence-corrected chi connectivity index (χ1v) is 29.3. The number of rotatable bonds is 39. The molecule has 0 saturated carbocycles. The molecule has 0 radical (unpaired) electrons. The topological polar surface area (TPSA) is 439 Å². The SMILES string of the molecule is COCCN(CCOP(=O)(O)OCCN(CCOP(=O)(O)OCCN(CCO)C(=O)CCCO[C@@H]1OC(CO)[C@H](O)[C@H](O)C1C)C(=O)CCCO[C@@H]1OC(CO)[C@H](O)[C@H](O)C1C)C(=O)CCCO[C@@H]1OC(CO)[C@H](O)[C@H](O)C1C. The maximum absolute atomic E-state index is 13.5. The third-order valence-electron chi connectivity index (χ3n) is 13.5. The van der Waals surface area contributed by atoms with Gasteiger partial charge in [0.15, 0.2) is 18.9 Å². The fourth-order valence-electron chi connectivity index (χ4n) is 8.52. The molecule has 0 aromatic heterocycles. The molecule has 79 heavy (non-hydrogen) atoms. The van der Waals surface area contributed by atoms with E-state index in [1.807, 2.05) is 0 Å². The van der Waals surface area contributed by atoms with Crippen molar-refractivity contribution < 1.29 is 136 Å². The summed E-state index contributed by atoms with van der Waals surface area (Å²) in [5.41, 5.74) is 0. The highest BCUT2D eigenvalue weighted by Crippen LogP contribution is 2.44. The monoisotopic (exact) mass is 1190 g/mol. The van der Waals surface area contributed by atoms with Crippen LogP contribution < -0.4 is 0 Å². The Labute approximate surface area is 459 Å². The second-order valence-electron chi connectivity index (χ2n) is 19.2. The van der Waals surface area contributed by atoms with Crippen molar-refractivity contribution in [2.75, 3.05) is 126 Å². The summed E-state index contributed by atoms with van der Waals surface area (Å²) < 4.78 is 85.0. The Bertz CT molecular complexity index is 1850. The highest BCUT2D eigenvalue weighted by atomic mass is 31.2. The zero-order valence-corrected chi connectivity index (χ0v) is 47.1. The summed E-state index contributed by atoms with van der Waals surface area (Å²) in [4.78, 5) is 64.2. The van der Waals surface area contributed by atoms with Gasteiger partial charge in [-0.05, 0) is 19.3 Å². The molecule has 464 valence electrons. The molecule has 3 saturated heterocycles. The van der Waals surface area contributed by atoms with Gasteiger partial charge in [-0.25, -0.2) is 9.13 Å². The van der Waals surface area contributed by atoms with Gasteiger partial charge in [-0.3, -0.25) is 32.5 Å². The van der Waals surface area contributed by atoms with Gasteiger partial charge in [0.2, 0.25) is 17.7 Å². The van der Waals surface area contributed by atoms with Gasteiger partial charge in [-0.1, -0.05) is 20.8 Å². The highest BCUT2D eigenvalue weighted by molar-refractivity contribution is 7.47. The van der Waals surface area contributed by atoms with Gasteiger partial charge in [0.05, 0.1) is 97.6 Å². The van der Waals surface area contributed by atoms with E-state index in [0.717, 1.165) is 4.90 Å². The Morgan fingerprint density at radius 1 is 0.430 bits per heavy atom. The number of ether oxygens (including phenoxy) is 7. The second kappa shape index (κ2) is 36.6. The third-order valence-corrected chi connectivity index (χ3v) is 15.5. The third kappa shape index (κ3) is 23.9. The molecule has 17 atom stereocenters. The van der Waals surface area contributed by atoms with E-state index in [1.54, 1.807) is 20.8 Å². The second-order valence-corrected chi connectivity index (χ2v) is 22.2. The van der Waals surface area contributed by atoms with E-state index < -0.39 is 172 Å². The lowest BCUT2D eigenvalue weighted by Gasteiger charge is -2.40. The Morgan fingerprint density at radius 3 is 0.949 bits per heavy atom. The van der Waals surface area contributed by atoms with E-state index in [1.165, 1.54) is 16.9 Å². The number of amides is 3. The molecule has 0 aromatic carbocycles. The maximum atomic E-state index is 13.5. The average molecular weight is 1190 g/mol. The number of aliphatic hydroxyl groups excluding tert-OH is 10. The van der Waals surface area contributed by atoms with Crippen LogP contribution in [-0.2, 0) is 74.8 Å². The predicted octanol–water partition coefficient (Wildman–Crippen LogP) is -4.01. The normalized spacial score (nSPS) is 30.8. The lowest BCUT2D eigenvalue weighted by Crippen LogP contribution is -2.55. The number of hydrogen-bond acceptors (Lipinski definition) is 26. The van der Waals surface area contributed by atoms with Crippen LogP contribution in [0.3, 0.4) is 0 Å². The molecule has 3 heterocycles. The molecule has 31 nitrogen and oxygen atoms in total. The molecule has 8 unspecified atom stereocenters. The molecule has 0 bridgehead atoms. The Morgan fingerprint density at radius 2 is 0.696 bits per heavy atom. The minimum atomic E-state index is -4.85. The Hall–Kier alpha value is -2.05. The van der Waals surface area contributed by atoms with Crippen LogP contribution in [0.15, 0.2) is 0 Å². The molecule has 33 heteroatoms. The lowest BCUT2D eigenvalue weighted by molar-refractivity contribution is -0.282. The minimum absolute atomic E-state index is 0.0131. The fourth-order valence-corrected chi connectivity index (χ4v) is 9.92. The highest BCUT2D eigenvalue weighted by Gasteiger charge is 2.45. The average Bonchev–Trinajstić information content (AvgIpc) is 3.43. The molecular weight excluding hydrogens is 1100 g/mol. The number of carbonyl (C=O) groups excluding carboxylic acids is 3. The largest absolute Gasteiger partial charge is 0.472 e. The van der Waals surface area contributed by atoms with Crippen LogP contribution >= 0.6 is 15.6 Å². The van der Waals surface area contributed by atoms with E-state index in [-0.39, 0.29) is 110 Å². The van der Waals surface area contributed by atoms with Crippen LogP contribution in [0.1, 0.15) is 59.3 Å². The molecule has 3 aliphatic heterocycles. The molecule has 12 N–H and O–H groups in total. The van der Waals surface area contributed by atoms with Gasteiger partial charge < -0.3 is 109 Å². The number of phosphoric ester groups is 2. The summed E-state index contributed by atoms with van der Waals surface area (Å²) in [5.74, 6) is -3.44. The van der Waals surface area contributed by atoms with Gasteiger partial charge in [0, 0.05) is 83.4 Å². The Balaban J connectivity index is 1.52. The molecule has 3 amide bonds. The number of nitrogens with zero attached hydrogens (tertiary/aromatic N) is 3. The lowest BCUT2D eigenvalue weighted by atomic mass is 9.92. The zero-order valence-electron chi connectivity index (χ0n) is 45.3. The van der Waals surface area contributed by atoms with Gasteiger partial charge >= 0.3 is 15.6 Å². The molecule has 3 aliphatic rings. The molecular formula is C46H87N3O28P2. The number of carbonyl (C=O) groups is 3. The number of phosphoric acid groups is 2. The molecule has 0 spiro atoms. The summed E-state index contributed by atoms with van der Waals surface area (Å²) in [6.45, 7) is -0.852. The van der Waals surface area contributed by atoms with Gasteiger partial charge in [0.25, 0.3) is 0 Å². The maximum Gasteiger partial charge on any atom is 0.472 e. The summed E-state index contributed by atoms with van der Waals surface area (Å²) in [6.07, 6.45) is -13.8. The van der Waals surface area contributed by atoms with Crippen molar-refractivity contribution in [2.45, 2.75) is 133 Å². The van der Waals surface area contributed by atoms with Crippen molar-refractivity contribution in [2.24, 2.45) is 17.8 Å². The van der Waals surface area contributed by atoms with Crippen LogP contribution in [-0.4, -0.2) is 293 Å². The van der Waals surface area contributed by atoms with Crippen LogP contribution in [0.4, 0.5) is 0 Å². The van der Waals surface area contributed by atoms with E-state index >= 15 is 0 Å². The van der Waals surface area contributed by atoms with E-state index in [0.29, 0.717) is 0 Å². The molecule has 3 rings (SSSR count). The number of hydrogen-bond donors (Lipinski definition) is 12. The molecule has 0 aliphatic carbocycles. The van der Waals surface area contributed by atoms with Gasteiger partial charge in [-0.15, -0.1) is 0 Å². The quantitative estimate of drug-likeness (QED) is 0.0206. The summed E-state index contributed by atoms with van der Waals surface area (Å²) in [5, 5.41) is 99.2. The Kier molecular flexibility index (Phi) is 33.0. The smallest absolute Gasteiger partial charge is 0.395 e. The summed E-state index contributed by atoms with van der Waals surface area (Å²) in [7, 11) is -8.27. The van der Waals surface area contributed by atoms with Gasteiger partial charge in [0.1, 0.15) is 36.6 Å². The summed E-state index contributed by atoms with van der Waals surface area (Å²) in [6, 6.07) is 0. The van der Waals surface area contributed by atoms with E-state index in [9.17, 15) is 84.4 Å². The summed E-state index contributed by atoms with van der Waals surface area (Å²) >= 11 is 0. The predicted molar refractivity (Wildman–Crippen MR) is 268 cm³/mol. The molecule has 0 aromatic rings. The van der Waals surface area contributed by atoms with Crippen LogP contribution in [0.2, 0.25) is 0 Å². The van der Waals surface area contributed by atoms with Crippen LogP contribution in [0.5, 0.6) is 0 Å². The van der Waals surface area contributed by atoms with Gasteiger partial charge in [-0.2, -0.15) is 0 Å². The van der Waals surface area contributed by atoms with E-state index in [4.69, 9.17) is 51.3 Å². The van der Waals surface area contributed by atoms with Crippen molar-refractivity contribution in [3.63, 3.8) is 0 Å². The standard InChI is InChI=1S/C46H87N3O28P2/c1-29-38(57)41(60)32(26-51)75-44(29)68-18-5-8-35(54)47(11-17-50)13-22-71-78(63,64)73-24-15-49(37(56)10-7-20-70-46-31(3)40(59)43(62)34(28-53)77-46)16-25-74-79(65,66)72-23-14-48(12-21-67-4)36(55)9-6-19-69-45-30(2)39(58)42(61)33(27-52)76-45/h29-34,38-46,50-53,57-62H,5-28H2,1-4H3,(H,63,64)(H,65,66)/t29?,30?,31?,32?,33?,34?,38-,39-,40-,41+,42+,43+,44-,45-,46-/m1/s1.